The summed E-state index contributed by atoms with van der Waals surface area (Å²) in [5.74, 6) is -0.0123. The highest BCUT2D eigenvalue weighted by atomic mass is 16.2. The van der Waals surface area contributed by atoms with Crippen molar-refractivity contribution in [1.82, 2.24) is 10.6 Å². The summed E-state index contributed by atoms with van der Waals surface area (Å²) in [7, 11) is 0. The second kappa shape index (κ2) is 6.72. The number of benzene rings is 1. The normalized spacial score (nSPS) is 21.0. The third kappa shape index (κ3) is 3.82. The van der Waals surface area contributed by atoms with Crippen LogP contribution in [0.2, 0.25) is 0 Å². The van der Waals surface area contributed by atoms with Crippen LogP contribution in [-0.2, 0) is 16.1 Å². The lowest BCUT2D eigenvalue weighted by Crippen LogP contribution is -2.52. The van der Waals surface area contributed by atoms with Gasteiger partial charge in [0, 0.05) is 19.2 Å². The van der Waals surface area contributed by atoms with Crippen LogP contribution >= 0.6 is 0 Å². The number of nitrogens with one attached hydrogen (secondary N) is 3. The largest absolute Gasteiger partial charge is 0.350 e. The molecule has 0 aromatic heterocycles. The average molecular weight is 289 g/mol. The van der Waals surface area contributed by atoms with Gasteiger partial charge in [-0.15, -0.1) is 0 Å². The number of carbonyl (C=O) groups is 2. The molecule has 1 aromatic rings. The lowest BCUT2D eigenvalue weighted by atomic mass is 9.93. The van der Waals surface area contributed by atoms with E-state index in [1.54, 1.807) is 0 Å². The maximum Gasteiger partial charge on any atom is 0.240 e. The average Bonchev–Trinajstić information content (AvgIpc) is 2.96. The molecule has 1 fully saturated rings. The van der Waals surface area contributed by atoms with Gasteiger partial charge in [0.2, 0.25) is 11.8 Å². The monoisotopic (exact) mass is 289 g/mol. The van der Waals surface area contributed by atoms with Crippen molar-refractivity contribution >= 4 is 17.5 Å². The maximum atomic E-state index is 12.4. The Morgan fingerprint density at radius 3 is 2.52 bits per heavy atom. The Kier molecular flexibility index (Phi) is 4.96. The quantitative estimate of drug-likeness (QED) is 0.774. The van der Waals surface area contributed by atoms with Crippen molar-refractivity contribution < 1.29 is 9.59 Å². The molecule has 0 radical (unpaired) electrons. The Morgan fingerprint density at radius 1 is 1.29 bits per heavy atom. The second-order valence-electron chi connectivity index (χ2n) is 5.53. The van der Waals surface area contributed by atoms with Crippen LogP contribution in [0, 0.1) is 0 Å². The minimum absolute atomic E-state index is 0.0773. The number of hydrogen-bond donors (Lipinski definition) is 3. The van der Waals surface area contributed by atoms with E-state index in [2.05, 4.69) is 16.0 Å². The molecule has 2 amide bonds. The number of anilines is 1. The Hall–Kier alpha value is -1.88. The lowest BCUT2D eigenvalue weighted by molar-refractivity contribution is -0.127. The number of rotatable bonds is 5. The summed E-state index contributed by atoms with van der Waals surface area (Å²) < 4.78 is 0. The molecule has 0 saturated carbocycles. The molecule has 21 heavy (non-hydrogen) atoms. The van der Waals surface area contributed by atoms with Crippen molar-refractivity contribution in [3.63, 3.8) is 0 Å². The van der Waals surface area contributed by atoms with Crippen LogP contribution in [0.25, 0.3) is 0 Å². The minimum atomic E-state index is -0.393. The summed E-state index contributed by atoms with van der Waals surface area (Å²) in [6.45, 7) is 4.93. The van der Waals surface area contributed by atoms with Gasteiger partial charge in [0.25, 0.3) is 0 Å². The van der Waals surface area contributed by atoms with Gasteiger partial charge in [-0.05, 0) is 43.5 Å². The van der Waals surface area contributed by atoms with Crippen LogP contribution in [0.15, 0.2) is 24.3 Å². The molecule has 1 aliphatic rings. The van der Waals surface area contributed by atoms with Crippen molar-refractivity contribution in [2.24, 2.45) is 0 Å². The van der Waals surface area contributed by atoms with Crippen LogP contribution < -0.4 is 16.0 Å². The highest BCUT2D eigenvalue weighted by molar-refractivity contribution is 5.88. The fraction of sp³-hybridized carbons (Fsp3) is 0.500. The molecule has 114 valence electrons. The Balaban J connectivity index is 1.90. The Bertz CT molecular complexity index is 505. The highest BCUT2D eigenvalue weighted by Crippen LogP contribution is 2.23. The smallest absolute Gasteiger partial charge is 0.240 e. The molecule has 5 heteroatoms. The molecule has 0 bridgehead atoms. The molecule has 1 heterocycles. The van der Waals surface area contributed by atoms with Crippen molar-refractivity contribution in [3.8, 4) is 0 Å². The molecule has 1 atom stereocenters. The van der Waals surface area contributed by atoms with Crippen molar-refractivity contribution in [1.29, 1.82) is 0 Å². The van der Waals surface area contributed by atoms with Gasteiger partial charge in [0.1, 0.15) is 0 Å². The van der Waals surface area contributed by atoms with Gasteiger partial charge in [-0.3, -0.25) is 9.59 Å². The predicted molar refractivity (Wildman–Crippen MR) is 82.9 cm³/mol. The lowest BCUT2D eigenvalue weighted by Gasteiger charge is -2.26. The predicted octanol–water partition coefficient (Wildman–Crippen LogP) is 1.79. The first-order chi connectivity index (χ1) is 10.1. The van der Waals surface area contributed by atoms with E-state index >= 15 is 0 Å². The van der Waals surface area contributed by atoms with E-state index in [0.717, 1.165) is 37.1 Å². The fourth-order valence-electron chi connectivity index (χ4n) is 2.72. The summed E-state index contributed by atoms with van der Waals surface area (Å²) in [5, 5.41) is 9.05. The molecule has 5 nitrogen and oxygen atoms in total. The molecule has 1 unspecified atom stereocenters. The first kappa shape index (κ1) is 15.5. The van der Waals surface area contributed by atoms with E-state index < -0.39 is 5.54 Å². The third-order valence-corrected chi connectivity index (χ3v) is 4.01. The van der Waals surface area contributed by atoms with Gasteiger partial charge in [-0.1, -0.05) is 19.1 Å². The van der Waals surface area contributed by atoms with Gasteiger partial charge in [-0.25, -0.2) is 0 Å². The van der Waals surface area contributed by atoms with E-state index in [4.69, 9.17) is 0 Å². The summed E-state index contributed by atoms with van der Waals surface area (Å²) in [6.07, 6.45) is 2.75. The summed E-state index contributed by atoms with van der Waals surface area (Å²) >= 11 is 0. The molecule has 2 rings (SSSR count). The number of amides is 2. The minimum Gasteiger partial charge on any atom is -0.350 e. The molecule has 0 aliphatic carbocycles. The zero-order valence-electron chi connectivity index (χ0n) is 12.7. The molecule has 1 saturated heterocycles. The maximum absolute atomic E-state index is 12.4. The van der Waals surface area contributed by atoms with E-state index in [0.29, 0.717) is 6.54 Å². The summed E-state index contributed by atoms with van der Waals surface area (Å²) in [5.41, 5.74) is 1.39. The zero-order valence-corrected chi connectivity index (χ0v) is 12.7. The van der Waals surface area contributed by atoms with E-state index in [-0.39, 0.29) is 11.8 Å². The summed E-state index contributed by atoms with van der Waals surface area (Å²) in [6, 6.07) is 7.50. The molecule has 1 aliphatic heterocycles. The number of carbonyl (C=O) groups excluding carboxylic acids is 2. The topological polar surface area (TPSA) is 70.2 Å². The van der Waals surface area contributed by atoms with Crippen LogP contribution in [0.1, 0.15) is 38.7 Å². The van der Waals surface area contributed by atoms with Crippen molar-refractivity contribution in [2.75, 3.05) is 11.9 Å². The second-order valence-corrected chi connectivity index (χ2v) is 5.53. The molecule has 3 N–H and O–H groups in total. The summed E-state index contributed by atoms with van der Waals surface area (Å²) in [4.78, 5) is 23.3. The third-order valence-electron chi connectivity index (χ3n) is 4.01. The van der Waals surface area contributed by atoms with Crippen molar-refractivity contribution in [2.45, 2.75) is 45.2 Å². The van der Waals surface area contributed by atoms with E-state index in [1.165, 1.54) is 6.92 Å². The van der Waals surface area contributed by atoms with Gasteiger partial charge in [0.05, 0.1) is 5.54 Å². The Morgan fingerprint density at radius 2 is 2.00 bits per heavy atom. The Labute approximate surface area is 125 Å². The van der Waals surface area contributed by atoms with E-state index in [9.17, 15) is 9.59 Å². The van der Waals surface area contributed by atoms with Gasteiger partial charge < -0.3 is 16.0 Å². The van der Waals surface area contributed by atoms with Gasteiger partial charge in [-0.2, -0.15) is 0 Å². The van der Waals surface area contributed by atoms with Crippen LogP contribution in [0.3, 0.4) is 0 Å². The van der Waals surface area contributed by atoms with Crippen LogP contribution in [0.4, 0.5) is 5.69 Å². The first-order valence-corrected chi connectivity index (χ1v) is 7.45. The SMILES string of the molecule is CCC1(C(=O)NCc2ccc(NC(C)=O)cc2)CCCN1. The molecule has 0 spiro atoms. The first-order valence-electron chi connectivity index (χ1n) is 7.45. The van der Waals surface area contributed by atoms with Gasteiger partial charge >= 0.3 is 0 Å². The van der Waals surface area contributed by atoms with Crippen LogP contribution in [-0.4, -0.2) is 23.9 Å². The number of hydrogen-bond acceptors (Lipinski definition) is 3. The van der Waals surface area contributed by atoms with Gasteiger partial charge in [0.15, 0.2) is 0 Å². The van der Waals surface area contributed by atoms with Crippen molar-refractivity contribution in [3.05, 3.63) is 29.8 Å². The molecule has 1 aromatic carbocycles. The molecular weight excluding hydrogens is 266 g/mol. The zero-order chi connectivity index (χ0) is 15.3. The van der Waals surface area contributed by atoms with Crippen LogP contribution in [0.5, 0.6) is 0 Å². The fourth-order valence-corrected chi connectivity index (χ4v) is 2.72. The van der Waals surface area contributed by atoms with E-state index in [1.807, 2.05) is 31.2 Å². The standard InChI is InChI=1S/C16H23N3O2/c1-3-16(9-4-10-18-16)15(21)17-11-13-5-7-14(8-6-13)19-12(2)20/h5-8,18H,3-4,9-11H2,1-2H3,(H,17,21)(H,19,20). The molecular formula is C16H23N3O2. The highest BCUT2D eigenvalue weighted by Gasteiger charge is 2.38.